The maximum Gasteiger partial charge on any atom is 0.00249 e. The highest BCUT2D eigenvalue weighted by Gasteiger charge is 2.28. The van der Waals surface area contributed by atoms with Crippen molar-refractivity contribution in [1.29, 1.82) is 0 Å². The Morgan fingerprint density at radius 1 is 1.07 bits per heavy atom. The monoisotopic (exact) mass is 210 g/mol. The van der Waals surface area contributed by atoms with Crippen LogP contribution in [0.5, 0.6) is 0 Å². The molecule has 2 heterocycles. The highest BCUT2D eigenvalue weighted by molar-refractivity contribution is 4.83. The first kappa shape index (κ1) is 11.4. The van der Waals surface area contributed by atoms with Gasteiger partial charge in [-0.2, -0.15) is 0 Å². The van der Waals surface area contributed by atoms with E-state index < -0.39 is 0 Å². The normalized spacial score (nSPS) is 43.4. The molecule has 2 aliphatic rings. The van der Waals surface area contributed by atoms with Gasteiger partial charge in [-0.25, -0.2) is 0 Å². The van der Waals surface area contributed by atoms with Crippen LogP contribution >= 0.6 is 0 Å². The van der Waals surface area contributed by atoms with Crippen molar-refractivity contribution in [3.63, 3.8) is 0 Å². The molecule has 88 valence electrons. The predicted octanol–water partition coefficient (Wildman–Crippen LogP) is 1.82. The smallest absolute Gasteiger partial charge is 0.00249 e. The number of hydrogen-bond donors (Lipinski definition) is 1. The van der Waals surface area contributed by atoms with Gasteiger partial charge in [0.25, 0.3) is 0 Å². The Labute approximate surface area is 94.4 Å². The fraction of sp³-hybridized carbons (Fsp3) is 1.00. The van der Waals surface area contributed by atoms with E-state index >= 15 is 0 Å². The summed E-state index contributed by atoms with van der Waals surface area (Å²) in [5, 5.41) is 3.50. The van der Waals surface area contributed by atoms with Gasteiger partial charge in [0.05, 0.1) is 0 Å². The summed E-state index contributed by atoms with van der Waals surface area (Å²) in [5.74, 6) is 3.59. The van der Waals surface area contributed by atoms with Gasteiger partial charge in [-0.1, -0.05) is 20.8 Å². The molecular formula is C13H26N2. The largest absolute Gasteiger partial charge is 0.316 e. The molecular weight excluding hydrogens is 184 g/mol. The molecule has 2 saturated heterocycles. The lowest BCUT2D eigenvalue weighted by Crippen LogP contribution is -2.42. The molecule has 1 N–H and O–H groups in total. The zero-order valence-electron chi connectivity index (χ0n) is 10.5. The van der Waals surface area contributed by atoms with Crippen LogP contribution in [0.1, 0.15) is 27.2 Å². The van der Waals surface area contributed by atoms with Crippen molar-refractivity contribution in [2.45, 2.75) is 27.2 Å². The molecule has 2 rings (SSSR count). The minimum Gasteiger partial charge on any atom is -0.316 e. The van der Waals surface area contributed by atoms with E-state index in [0.29, 0.717) is 0 Å². The lowest BCUT2D eigenvalue weighted by molar-refractivity contribution is 0.116. The average molecular weight is 210 g/mol. The van der Waals surface area contributed by atoms with Gasteiger partial charge in [0, 0.05) is 13.1 Å². The van der Waals surface area contributed by atoms with Crippen molar-refractivity contribution >= 4 is 0 Å². The van der Waals surface area contributed by atoms with Crippen LogP contribution in [0.3, 0.4) is 0 Å². The van der Waals surface area contributed by atoms with Crippen molar-refractivity contribution in [2.75, 3.05) is 32.7 Å². The molecule has 4 atom stereocenters. The van der Waals surface area contributed by atoms with Crippen LogP contribution in [-0.2, 0) is 0 Å². The van der Waals surface area contributed by atoms with Gasteiger partial charge in [-0.15, -0.1) is 0 Å². The third-order valence-corrected chi connectivity index (χ3v) is 4.59. The molecule has 0 aromatic carbocycles. The molecule has 2 nitrogen and oxygen atoms in total. The van der Waals surface area contributed by atoms with Gasteiger partial charge in [0.1, 0.15) is 0 Å². The number of nitrogens with one attached hydrogen (secondary N) is 1. The Balaban J connectivity index is 1.80. The van der Waals surface area contributed by atoms with Crippen molar-refractivity contribution in [1.82, 2.24) is 10.2 Å². The fourth-order valence-corrected chi connectivity index (χ4v) is 2.96. The summed E-state index contributed by atoms with van der Waals surface area (Å²) in [4.78, 5) is 2.69. The number of nitrogens with zero attached hydrogens (tertiary/aromatic N) is 1. The zero-order valence-corrected chi connectivity index (χ0v) is 10.5. The molecule has 0 aromatic heterocycles. The van der Waals surface area contributed by atoms with Crippen LogP contribution in [0, 0.1) is 23.7 Å². The Bertz CT molecular complexity index is 205. The summed E-state index contributed by atoms with van der Waals surface area (Å²) in [6.45, 7) is 13.6. The maximum absolute atomic E-state index is 3.50. The van der Waals surface area contributed by atoms with Crippen LogP contribution in [0.2, 0.25) is 0 Å². The molecule has 4 unspecified atom stereocenters. The second-order valence-electron chi connectivity index (χ2n) is 5.90. The lowest BCUT2D eigenvalue weighted by atomic mass is 9.87. The van der Waals surface area contributed by atoms with Crippen LogP contribution in [0.25, 0.3) is 0 Å². The molecule has 0 aromatic rings. The minimum absolute atomic E-state index is 0.875. The Morgan fingerprint density at radius 3 is 2.47 bits per heavy atom. The molecule has 0 saturated carbocycles. The third-order valence-electron chi connectivity index (χ3n) is 4.59. The zero-order chi connectivity index (χ0) is 10.8. The third kappa shape index (κ3) is 2.73. The molecule has 2 heteroatoms. The van der Waals surface area contributed by atoms with Crippen molar-refractivity contribution < 1.29 is 0 Å². The molecule has 0 amide bonds. The Morgan fingerprint density at radius 2 is 1.87 bits per heavy atom. The van der Waals surface area contributed by atoms with Gasteiger partial charge in [-0.05, 0) is 49.7 Å². The quantitative estimate of drug-likeness (QED) is 0.748. The van der Waals surface area contributed by atoms with Gasteiger partial charge < -0.3 is 10.2 Å². The molecule has 15 heavy (non-hydrogen) atoms. The van der Waals surface area contributed by atoms with E-state index in [1.807, 2.05) is 0 Å². The van der Waals surface area contributed by atoms with E-state index in [1.54, 1.807) is 0 Å². The van der Waals surface area contributed by atoms with Crippen LogP contribution in [0.4, 0.5) is 0 Å². The highest BCUT2D eigenvalue weighted by Crippen LogP contribution is 2.25. The fourth-order valence-electron chi connectivity index (χ4n) is 2.96. The Kier molecular flexibility index (Phi) is 3.68. The second-order valence-corrected chi connectivity index (χ2v) is 5.90. The number of rotatable bonds is 2. The molecule has 0 radical (unpaired) electrons. The first-order valence-electron chi connectivity index (χ1n) is 6.60. The molecule has 0 spiro atoms. The van der Waals surface area contributed by atoms with Gasteiger partial charge in [0.2, 0.25) is 0 Å². The first-order chi connectivity index (χ1) is 7.16. The van der Waals surface area contributed by atoms with Crippen LogP contribution < -0.4 is 5.32 Å². The van der Waals surface area contributed by atoms with Gasteiger partial charge in [0.15, 0.2) is 0 Å². The molecule has 2 fully saturated rings. The SMILES string of the molecule is CC1CCN(CC2CNCC2C)CC1C. The summed E-state index contributed by atoms with van der Waals surface area (Å²) in [6.07, 6.45) is 1.40. The van der Waals surface area contributed by atoms with Crippen LogP contribution in [0.15, 0.2) is 0 Å². The van der Waals surface area contributed by atoms with E-state index in [4.69, 9.17) is 0 Å². The number of likely N-dealkylation sites (tertiary alicyclic amines) is 1. The standard InChI is InChI=1S/C13H26N2/c1-10-4-5-15(8-12(10)3)9-13-7-14-6-11(13)2/h10-14H,4-9H2,1-3H3. The topological polar surface area (TPSA) is 15.3 Å². The predicted molar refractivity (Wildman–Crippen MR) is 64.9 cm³/mol. The van der Waals surface area contributed by atoms with E-state index in [-0.39, 0.29) is 0 Å². The van der Waals surface area contributed by atoms with Crippen LogP contribution in [-0.4, -0.2) is 37.6 Å². The summed E-state index contributed by atoms with van der Waals surface area (Å²) in [6, 6.07) is 0. The average Bonchev–Trinajstić information content (AvgIpc) is 2.59. The van der Waals surface area contributed by atoms with Crippen molar-refractivity contribution in [2.24, 2.45) is 23.7 Å². The maximum atomic E-state index is 3.50. The van der Waals surface area contributed by atoms with Crippen molar-refractivity contribution in [3.8, 4) is 0 Å². The number of hydrogen-bond acceptors (Lipinski definition) is 2. The highest BCUT2D eigenvalue weighted by atomic mass is 15.1. The number of piperidine rings is 1. The Hall–Kier alpha value is -0.0800. The van der Waals surface area contributed by atoms with Crippen molar-refractivity contribution in [3.05, 3.63) is 0 Å². The van der Waals surface area contributed by atoms with Gasteiger partial charge in [-0.3, -0.25) is 0 Å². The molecule has 2 aliphatic heterocycles. The van der Waals surface area contributed by atoms with E-state index in [2.05, 4.69) is 31.0 Å². The lowest BCUT2D eigenvalue weighted by Gasteiger charge is -2.37. The minimum atomic E-state index is 0.875. The van der Waals surface area contributed by atoms with E-state index in [0.717, 1.165) is 23.7 Å². The first-order valence-corrected chi connectivity index (χ1v) is 6.60. The molecule has 0 aliphatic carbocycles. The summed E-state index contributed by atoms with van der Waals surface area (Å²) in [5.41, 5.74) is 0. The summed E-state index contributed by atoms with van der Waals surface area (Å²) in [7, 11) is 0. The van der Waals surface area contributed by atoms with Gasteiger partial charge >= 0.3 is 0 Å². The molecule has 0 bridgehead atoms. The van der Waals surface area contributed by atoms with E-state index in [1.165, 1.54) is 39.1 Å². The summed E-state index contributed by atoms with van der Waals surface area (Å²) >= 11 is 0. The second kappa shape index (κ2) is 4.84. The summed E-state index contributed by atoms with van der Waals surface area (Å²) < 4.78 is 0. The van der Waals surface area contributed by atoms with E-state index in [9.17, 15) is 0 Å².